The molecule has 3 heterocycles. The number of nitrogens with zero attached hydrogens (tertiary/aromatic N) is 4. The summed E-state index contributed by atoms with van der Waals surface area (Å²) in [4.78, 5) is 35.5. The second kappa shape index (κ2) is 9.18. The molecule has 0 aliphatic carbocycles. The molecule has 2 aliphatic rings. The van der Waals surface area contributed by atoms with Gasteiger partial charge in [-0.25, -0.2) is 0 Å². The predicted molar refractivity (Wildman–Crippen MR) is 112 cm³/mol. The lowest BCUT2D eigenvalue weighted by molar-refractivity contribution is -0.130. The normalized spacial score (nSPS) is 20.7. The summed E-state index contributed by atoms with van der Waals surface area (Å²) in [5.41, 5.74) is 1.95. The maximum Gasteiger partial charge on any atom is 0.227 e. The van der Waals surface area contributed by atoms with Crippen LogP contribution < -0.4 is 4.90 Å². The van der Waals surface area contributed by atoms with E-state index in [1.807, 2.05) is 52.3 Å². The van der Waals surface area contributed by atoms with Crippen molar-refractivity contribution >= 4 is 17.5 Å². The fraction of sp³-hybridized carbons (Fsp3) is 0.435. The number of benzene rings is 1. The summed E-state index contributed by atoms with van der Waals surface area (Å²) in [5, 5.41) is 0. The smallest absolute Gasteiger partial charge is 0.227 e. The summed E-state index contributed by atoms with van der Waals surface area (Å²) >= 11 is 0. The SMILES string of the molecule is O=C(Cc1cccnc1)N1CCCN(CC2CC(=O)N(c3ccccc3)C2)CC1. The number of rotatable bonds is 5. The van der Waals surface area contributed by atoms with Crippen molar-refractivity contribution in [2.75, 3.05) is 44.2 Å². The van der Waals surface area contributed by atoms with Crippen LogP contribution in [-0.2, 0) is 16.0 Å². The number of para-hydroxylation sites is 1. The maximum absolute atomic E-state index is 12.6. The van der Waals surface area contributed by atoms with Gasteiger partial charge in [-0.3, -0.25) is 14.6 Å². The van der Waals surface area contributed by atoms with E-state index in [4.69, 9.17) is 0 Å². The fourth-order valence-electron chi connectivity index (χ4n) is 4.32. The molecule has 6 heteroatoms. The second-order valence-corrected chi connectivity index (χ2v) is 7.98. The van der Waals surface area contributed by atoms with Crippen LogP contribution in [0.4, 0.5) is 5.69 Å². The van der Waals surface area contributed by atoms with Crippen LogP contribution in [0.2, 0.25) is 0 Å². The number of aromatic nitrogens is 1. The Morgan fingerprint density at radius 1 is 1.03 bits per heavy atom. The maximum atomic E-state index is 12.6. The van der Waals surface area contributed by atoms with Crippen LogP contribution in [0, 0.1) is 5.92 Å². The summed E-state index contributed by atoms with van der Waals surface area (Å²) in [6, 6.07) is 13.7. The highest BCUT2D eigenvalue weighted by Gasteiger charge is 2.32. The van der Waals surface area contributed by atoms with Gasteiger partial charge in [0, 0.05) is 57.2 Å². The summed E-state index contributed by atoms with van der Waals surface area (Å²) < 4.78 is 0. The second-order valence-electron chi connectivity index (χ2n) is 7.98. The minimum atomic E-state index is 0.172. The first-order valence-corrected chi connectivity index (χ1v) is 10.4. The molecular formula is C23H28N4O2. The largest absolute Gasteiger partial charge is 0.341 e. The summed E-state index contributed by atoms with van der Waals surface area (Å²) in [7, 11) is 0. The molecule has 0 spiro atoms. The lowest BCUT2D eigenvalue weighted by Crippen LogP contribution is -2.37. The Morgan fingerprint density at radius 2 is 1.90 bits per heavy atom. The standard InChI is InChI=1S/C23H28N4O2/c28-22(14-19-6-4-9-24-16-19)26-11-5-10-25(12-13-26)17-20-15-23(29)27(18-20)21-7-2-1-3-8-21/h1-4,6-9,16,20H,5,10-15,17-18H2. The van der Waals surface area contributed by atoms with Gasteiger partial charge >= 0.3 is 0 Å². The molecule has 2 fully saturated rings. The van der Waals surface area contributed by atoms with E-state index in [1.54, 1.807) is 12.4 Å². The Kier molecular flexibility index (Phi) is 6.20. The van der Waals surface area contributed by atoms with Gasteiger partial charge in [-0.15, -0.1) is 0 Å². The molecule has 0 radical (unpaired) electrons. The van der Waals surface area contributed by atoms with Gasteiger partial charge in [-0.1, -0.05) is 24.3 Å². The number of hydrogen-bond acceptors (Lipinski definition) is 4. The zero-order chi connectivity index (χ0) is 20.1. The molecule has 0 N–H and O–H groups in total. The van der Waals surface area contributed by atoms with Gasteiger partial charge in [0.2, 0.25) is 11.8 Å². The van der Waals surface area contributed by atoms with Crippen LogP contribution in [0.3, 0.4) is 0 Å². The number of carbonyl (C=O) groups is 2. The number of pyridine rings is 1. The zero-order valence-corrected chi connectivity index (χ0v) is 16.7. The van der Waals surface area contributed by atoms with Crippen molar-refractivity contribution < 1.29 is 9.59 Å². The third-order valence-corrected chi connectivity index (χ3v) is 5.81. The Labute approximate surface area is 172 Å². The summed E-state index contributed by atoms with van der Waals surface area (Å²) in [5.74, 6) is 0.732. The fourth-order valence-corrected chi connectivity index (χ4v) is 4.32. The molecule has 1 atom stereocenters. The molecule has 2 aliphatic heterocycles. The average molecular weight is 393 g/mol. The van der Waals surface area contributed by atoms with Crippen LogP contribution in [0.1, 0.15) is 18.4 Å². The molecule has 4 rings (SSSR count). The number of anilines is 1. The van der Waals surface area contributed by atoms with Gasteiger partial charge in [-0.2, -0.15) is 0 Å². The zero-order valence-electron chi connectivity index (χ0n) is 16.7. The van der Waals surface area contributed by atoms with Gasteiger partial charge in [-0.05, 0) is 42.6 Å². The average Bonchev–Trinajstić information content (AvgIpc) is 2.95. The van der Waals surface area contributed by atoms with Gasteiger partial charge in [0.05, 0.1) is 6.42 Å². The van der Waals surface area contributed by atoms with E-state index in [2.05, 4.69) is 9.88 Å². The quantitative estimate of drug-likeness (QED) is 0.783. The van der Waals surface area contributed by atoms with Crippen molar-refractivity contribution in [2.24, 2.45) is 5.92 Å². The molecule has 6 nitrogen and oxygen atoms in total. The van der Waals surface area contributed by atoms with Crippen LogP contribution in [0.5, 0.6) is 0 Å². The van der Waals surface area contributed by atoms with Crippen molar-refractivity contribution in [1.82, 2.24) is 14.8 Å². The molecule has 29 heavy (non-hydrogen) atoms. The Bertz CT molecular complexity index is 827. The third-order valence-electron chi connectivity index (χ3n) is 5.81. The summed E-state index contributed by atoms with van der Waals surface area (Å²) in [6.07, 6.45) is 5.48. The molecule has 1 unspecified atom stereocenters. The van der Waals surface area contributed by atoms with Crippen LogP contribution in [-0.4, -0.2) is 65.9 Å². The molecule has 1 aromatic heterocycles. The third kappa shape index (κ3) is 5.01. The monoisotopic (exact) mass is 392 g/mol. The van der Waals surface area contributed by atoms with Crippen LogP contribution in [0.25, 0.3) is 0 Å². The van der Waals surface area contributed by atoms with Crippen LogP contribution >= 0.6 is 0 Å². The van der Waals surface area contributed by atoms with E-state index in [0.717, 1.165) is 56.9 Å². The Morgan fingerprint density at radius 3 is 2.69 bits per heavy atom. The Hall–Kier alpha value is -2.73. The van der Waals surface area contributed by atoms with E-state index in [-0.39, 0.29) is 11.8 Å². The van der Waals surface area contributed by atoms with Gasteiger partial charge in [0.1, 0.15) is 0 Å². The van der Waals surface area contributed by atoms with Gasteiger partial charge in [0.25, 0.3) is 0 Å². The minimum Gasteiger partial charge on any atom is -0.341 e. The minimum absolute atomic E-state index is 0.172. The lowest BCUT2D eigenvalue weighted by atomic mass is 10.1. The predicted octanol–water partition coefficient (Wildman–Crippen LogP) is 2.21. The van der Waals surface area contributed by atoms with Crippen molar-refractivity contribution in [1.29, 1.82) is 0 Å². The molecule has 0 saturated carbocycles. The molecule has 1 aromatic carbocycles. The van der Waals surface area contributed by atoms with E-state index in [0.29, 0.717) is 18.8 Å². The van der Waals surface area contributed by atoms with Crippen molar-refractivity contribution in [2.45, 2.75) is 19.3 Å². The number of carbonyl (C=O) groups excluding carboxylic acids is 2. The molecular weight excluding hydrogens is 364 g/mol. The van der Waals surface area contributed by atoms with E-state index in [9.17, 15) is 9.59 Å². The molecule has 2 amide bonds. The van der Waals surface area contributed by atoms with Gasteiger partial charge in [0.15, 0.2) is 0 Å². The molecule has 2 saturated heterocycles. The van der Waals surface area contributed by atoms with Crippen molar-refractivity contribution in [3.63, 3.8) is 0 Å². The topological polar surface area (TPSA) is 56.8 Å². The lowest BCUT2D eigenvalue weighted by Gasteiger charge is -2.24. The highest BCUT2D eigenvalue weighted by Crippen LogP contribution is 2.25. The van der Waals surface area contributed by atoms with E-state index < -0.39 is 0 Å². The van der Waals surface area contributed by atoms with E-state index >= 15 is 0 Å². The number of hydrogen-bond donors (Lipinski definition) is 0. The first kappa shape index (κ1) is 19.6. The highest BCUT2D eigenvalue weighted by molar-refractivity contribution is 5.95. The number of amides is 2. The van der Waals surface area contributed by atoms with Gasteiger partial charge < -0.3 is 14.7 Å². The molecule has 0 bridgehead atoms. The summed E-state index contributed by atoms with van der Waals surface area (Å²) in [6.45, 7) is 5.10. The molecule has 2 aromatic rings. The highest BCUT2D eigenvalue weighted by atomic mass is 16.2. The Balaban J connectivity index is 1.28. The first-order valence-electron chi connectivity index (χ1n) is 10.4. The van der Waals surface area contributed by atoms with Crippen LogP contribution in [0.15, 0.2) is 54.9 Å². The molecule has 152 valence electrons. The first-order chi connectivity index (χ1) is 14.2. The van der Waals surface area contributed by atoms with E-state index in [1.165, 1.54) is 0 Å². The van der Waals surface area contributed by atoms with Crippen molar-refractivity contribution in [3.05, 3.63) is 60.4 Å². The van der Waals surface area contributed by atoms with Crippen molar-refractivity contribution in [3.8, 4) is 0 Å².